The highest BCUT2D eigenvalue weighted by atomic mass is 16.6. The molecule has 72 heavy (non-hydrogen) atoms. The zero-order valence-electron chi connectivity index (χ0n) is 48.5. The Balaban J connectivity index is 3.94. The second kappa shape index (κ2) is 61.2. The van der Waals surface area contributed by atoms with E-state index in [9.17, 15) is 14.4 Å². The van der Waals surface area contributed by atoms with Gasteiger partial charge in [-0.05, 0) is 57.8 Å². The molecule has 0 radical (unpaired) electrons. The molecule has 6 nitrogen and oxygen atoms in total. The first-order chi connectivity index (χ1) is 35.5. The van der Waals surface area contributed by atoms with Crippen LogP contribution in [0.4, 0.5) is 0 Å². The molecule has 1 unspecified atom stereocenters. The fourth-order valence-corrected chi connectivity index (χ4v) is 9.57. The van der Waals surface area contributed by atoms with Crippen molar-refractivity contribution in [3.8, 4) is 0 Å². The molecule has 0 aromatic carbocycles. The van der Waals surface area contributed by atoms with Gasteiger partial charge in [-0.25, -0.2) is 0 Å². The molecule has 0 spiro atoms. The van der Waals surface area contributed by atoms with Crippen LogP contribution in [0.5, 0.6) is 0 Å². The molecule has 0 fully saturated rings. The molecule has 6 heteroatoms. The number of hydrogen-bond acceptors (Lipinski definition) is 6. The van der Waals surface area contributed by atoms with E-state index < -0.39 is 6.10 Å². The summed E-state index contributed by atoms with van der Waals surface area (Å²) in [6, 6.07) is 0. The zero-order chi connectivity index (χ0) is 52.2. The van der Waals surface area contributed by atoms with Crippen molar-refractivity contribution in [2.24, 2.45) is 0 Å². The largest absolute Gasteiger partial charge is 0.462 e. The summed E-state index contributed by atoms with van der Waals surface area (Å²) in [5.41, 5.74) is 0. The van der Waals surface area contributed by atoms with Crippen LogP contribution in [-0.4, -0.2) is 37.2 Å². The lowest BCUT2D eigenvalue weighted by Crippen LogP contribution is -2.30. The molecule has 0 aliphatic carbocycles. The fraction of sp³-hybridized carbons (Fsp3) is 0.864. The second-order valence-electron chi connectivity index (χ2n) is 21.7. The van der Waals surface area contributed by atoms with E-state index in [4.69, 9.17) is 14.2 Å². The average molecular weight is 1010 g/mol. The van der Waals surface area contributed by atoms with Gasteiger partial charge in [-0.2, -0.15) is 0 Å². The molecular formula is C66H122O6. The third-order valence-electron chi connectivity index (χ3n) is 14.4. The van der Waals surface area contributed by atoms with Crippen LogP contribution in [0.25, 0.3) is 0 Å². The van der Waals surface area contributed by atoms with Gasteiger partial charge in [0.15, 0.2) is 6.10 Å². The van der Waals surface area contributed by atoms with Gasteiger partial charge < -0.3 is 14.2 Å². The quantitative estimate of drug-likeness (QED) is 0.0261. The molecule has 0 aliphatic rings. The molecule has 0 N–H and O–H groups in total. The van der Waals surface area contributed by atoms with Crippen LogP contribution in [-0.2, 0) is 28.6 Å². The summed E-state index contributed by atoms with van der Waals surface area (Å²) in [4.78, 5) is 37.9. The maximum atomic E-state index is 12.8. The number of rotatable bonds is 59. The predicted molar refractivity (Wildman–Crippen MR) is 312 cm³/mol. The topological polar surface area (TPSA) is 78.9 Å². The summed E-state index contributed by atoms with van der Waals surface area (Å²) in [5, 5.41) is 0. The Hall–Kier alpha value is -2.37. The van der Waals surface area contributed by atoms with Gasteiger partial charge >= 0.3 is 17.9 Å². The van der Waals surface area contributed by atoms with Gasteiger partial charge in [0, 0.05) is 19.3 Å². The predicted octanol–water partition coefficient (Wildman–Crippen LogP) is 21.6. The Bertz CT molecular complexity index is 1210. The Morgan fingerprint density at radius 1 is 0.278 bits per heavy atom. The minimum atomic E-state index is -0.764. The van der Waals surface area contributed by atoms with Crippen molar-refractivity contribution >= 4 is 17.9 Å². The van der Waals surface area contributed by atoms with E-state index in [1.165, 1.54) is 231 Å². The van der Waals surface area contributed by atoms with Crippen molar-refractivity contribution in [2.75, 3.05) is 13.2 Å². The van der Waals surface area contributed by atoms with Gasteiger partial charge in [-0.15, -0.1) is 0 Å². The minimum Gasteiger partial charge on any atom is -0.462 e. The molecule has 0 aromatic rings. The van der Waals surface area contributed by atoms with Crippen molar-refractivity contribution in [1.29, 1.82) is 0 Å². The summed E-state index contributed by atoms with van der Waals surface area (Å²) in [6.45, 7) is 6.60. The fourth-order valence-electron chi connectivity index (χ4n) is 9.57. The van der Waals surface area contributed by atoms with Crippen LogP contribution < -0.4 is 0 Å². The Kier molecular flexibility index (Phi) is 59.2. The number of unbranched alkanes of at least 4 members (excludes halogenated alkanes) is 42. The van der Waals surface area contributed by atoms with Crippen LogP contribution >= 0.6 is 0 Å². The zero-order valence-corrected chi connectivity index (χ0v) is 48.5. The van der Waals surface area contributed by atoms with Crippen LogP contribution in [0.1, 0.15) is 348 Å². The molecule has 0 rings (SSSR count). The monoisotopic (exact) mass is 1010 g/mol. The van der Waals surface area contributed by atoms with Crippen molar-refractivity contribution in [3.63, 3.8) is 0 Å². The minimum absolute atomic E-state index is 0.0672. The van der Waals surface area contributed by atoms with E-state index in [1.807, 2.05) is 0 Å². The van der Waals surface area contributed by atoms with Crippen molar-refractivity contribution < 1.29 is 28.6 Å². The van der Waals surface area contributed by atoms with E-state index in [2.05, 4.69) is 57.2 Å². The molecule has 0 bridgehead atoms. The number of carbonyl (C=O) groups is 3. The standard InChI is InChI=1S/C66H122O6/c1-4-7-10-13-15-17-19-21-23-25-27-28-29-30-31-32-33-34-35-36-37-38-39-41-42-44-46-48-50-53-56-59-65(68)71-62-63(61-70-64(67)58-55-52-12-9-6-3)72-66(69)60-57-54-51-49-47-45-43-40-26-24-22-20-18-16-14-11-8-5-2/h19,21,25,27,29-30,63H,4-18,20,22-24,26,28,31-62H2,1-3H3/b21-19-,27-25-,30-29-. The molecule has 0 saturated heterocycles. The second-order valence-corrected chi connectivity index (χ2v) is 21.7. The van der Waals surface area contributed by atoms with E-state index in [-0.39, 0.29) is 31.1 Å². The van der Waals surface area contributed by atoms with Crippen LogP contribution in [0.2, 0.25) is 0 Å². The Labute approximate surface area is 448 Å². The normalized spacial score (nSPS) is 12.2. The van der Waals surface area contributed by atoms with Crippen molar-refractivity contribution in [2.45, 2.75) is 354 Å². The van der Waals surface area contributed by atoms with Gasteiger partial charge in [-0.3, -0.25) is 14.4 Å². The first-order valence-electron chi connectivity index (χ1n) is 32.0. The molecule has 0 aliphatic heterocycles. The number of allylic oxidation sites excluding steroid dienone is 6. The highest BCUT2D eigenvalue weighted by Crippen LogP contribution is 2.18. The number of esters is 3. The Morgan fingerprint density at radius 3 is 0.778 bits per heavy atom. The average Bonchev–Trinajstić information content (AvgIpc) is 3.38. The first kappa shape index (κ1) is 69.6. The smallest absolute Gasteiger partial charge is 0.306 e. The molecule has 422 valence electrons. The van der Waals surface area contributed by atoms with Crippen molar-refractivity contribution in [3.05, 3.63) is 36.5 Å². The molecule has 0 amide bonds. The summed E-state index contributed by atoms with van der Waals surface area (Å²) in [7, 11) is 0. The summed E-state index contributed by atoms with van der Waals surface area (Å²) in [5.74, 6) is -0.860. The van der Waals surface area contributed by atoms with Gasteiger partial charge in [0.25, 0.3) is 0 Å². The third-order valence-corrected chi connectivity index (χ3v) is 14.4. The SMILES string of the molecule is CCCCCCC/C=C\C/C=C\C/C=C\CCCCCCCCCCCCCCCCCCC(=O)OCC(COC(=O)CCCCCCC)OC(=O)CCCCCCCCCCCCCCCCCCCC. The van der Waals surface area contributed by atoms with E-state index in [0.29, 0.717) is 19.3 Å². The van der Waals surface area contributed by atoms with Crippen LogP contribution in [0, 0.1) is 0 Å². The van der Waals surface area contributed by atoms with Crippen molar-refractivity contribution in [1.82, 2.24) is 0 Å². The summed E-state index contributed by atoms with van der Waals surface area (Å²) in [6.07, 6.45) is 75.0. The van der Waals surface area contributed by atoms with Gasteiger partial charge in [0.05, 0.1) is 0 Å². The van der Waals surface area contributed by atoms with Gasteiger partial charge in [0.2, 0.25) is 0 Å². The van der Waals surface area contributed by atoms with Crippen LogP contribution in [0.15, 0.2) is 36.5 Å². The first-order valence-corrected chi connectivity index (χ1v) is 32.0. The van der Waals surface area contributed by atoms with Gasteiger partial charge in [-0.1, -0.05) is 308 Å². The maximum absolute atomic E-state index is 12.8. The lowest BCUT2D eigenvalue weighted by molar-refractivity contribution is -0.167. The van der Waals surface area contributed by atoms with E-state index in [0.717, 1.165) is 77.0 Å². The summed E-state index contributed by atoms with van der Waals surface area (Å²) >= 11 is 0. The summed E-state index contributed by atoms with van der Waals surface area (Å²) < 4.78 is 16.8. The van der Waals surface area contributed by atoms with Crippen LogP contribution in [0.3, 0.4) is 0 Å². The number of ether oxygens (including phenoxy) is 3. The maximum Gasteiger partial charge on any atom is 0.306 e. The van der Waals surface area contributed by atoms with E-state index >= 15 is 0 Å². The lowest BCUT2D eigenvalue weighted by Gasteiger charge is -2.18. The van der Waals surface area contributed by atoms with E-state index in [1.54, 1.807) is 0 Å². The molecular weight excluding hydrogens is 889 g/mol. The lowest BCUT2D eigenvalue weighted by atomic mass is 10.0. The molecule has 0 heterocycles. The molecule has 1 atom stereocenters. The third kappa shape index (κ3) is 58.5. The number of carbonyl (C=O) groups excluding carboxylic acids is 3. The highest BCUT2D eigenvalue weighted by molar-refractivity contribution is 5.71. The molecule has 0 aromatic heterocycles. The molecule has 0 saturated carbocycles. The Morgan fingerprint density at radius 2 is 0.500 bits per heavy atom. The number of hydrogen-bond donors (Lipinski definition) is 0. The van der Waals surface area contributed by atoms with Gasteiger partial charge in [0.1, 0.15) is 13.2 Å². The highest BCUT2D eigenvalue weighted by Gasteiger charge is 2.19.